The summed E-state index contributed by atoms with van der Waals surface area (Å²) in [6.45, 7) is 0.819. The number of ketones is 1. The first-order chi connectivity index (χ1) is 8.72. The molecule has 0 fully saturated rings. The molecule has 0 aliphatic heterocycles. The molecule has 0 amide bonds. The van der Waals surface area contributed by atoms with Crippen LogP contribution in [0.15, 0.2) is 41.1 Å². The van der Waals surface area contributed by atoms with Crippen LogP contribution in [0.1, 0.15) is 34.3 Å². The molecule has 0 spiro atoms. The minimum absolute atomic E-state index is 0.296. The zero-order chi connectivity index (χ0) is 12.5. The number of aromatic nitrogens is 1. The molecule has 0 bridgehead atoms. The Morgan fingerprint density at radius 3 is 2.89 bits per heavy atom. The summed E-state index contributed by atoms with van der Waals surface area (Å²) in [4.78, 5) is 11.8. The largest absolute Gasteiger partial charge is 0.349 e. The monoisotopic (exact) mass is 303 g/mol. The Morgan fingerprint density at radius 2 is 2.11 bits per heavy atom. The summed E-state index contributed by atoms with van der Waals surface area (Å²) < 4.78 is 3.21. The third-order valence-corrected chi connectivity index (χ3v) is 3.86. The van der Waals surface area contributed by atoms with E-state index in [1.54, 1.807) is 0 Å². The highest BCUT2D eigenvalue weighted by Crippen LogP contribution is 2.23. The lowest BCUT2D eigenvalue weighted by atomic mass is 9.95. The van der Waals surface area contributed by atoms with Crippen molar-refractivity contribution in [2.24, 2.45) is 0 Å². The Morgan fingerprint density at radius 1 is 1.22 bits per heavy atom. The van der Waals surface area contributed by atoms with Gasteiger partial charge in [0.25, 0.3) is 0 Å². The molecule has 0 saturated carbocycles. The number of hydrogen-bond donors (Lipinski definition) is 0. The van der Waals surface area contributed by atoms with Crippen molar-refractivity contribution >= 4 is 21.7 Å². The standard InChI is InChI=1S/C15H14BrNO/c16-13-5-1-3-11(7-13)8-17-9-12-4-2-6-15(18)14(12)10-17/h1,3,5,7,9-10H,2,4,6,8H2. The van der Waals surface area contributed by atoms with Gasteiger partial charge in [0.15, 0.2) is 5.78 Å². The molecule has 0 radical (unpaired) electrons. The summed E-state index contributed by atoms with van der Waals surface area (Å²) >= 11 is 3.48. The first-order valence-electron chi connectivity index (χ1n) is 6.19. The molecule has 18 heavy (non-hydrogen) atoms. The van der Waals surface area contributed by atoms with E-state index in [4.69, 9.17) is 0 Å². The second kappa shape index (κ2) is 4.73. The van der Waals surface area contributed by atoms with Gasteiger partial charge in [-0.05, 0) is 36.1 Å². The maximum absolute atomic E-state index is 11.8. The Bertz CT molecular complexity index is 600. The Kier molecular flexibility index (Phi) is 3.08. The molecule has 0 N–H and O–H groups in total. The number of Topliss-reactive ketones (excluding diaryl/α,β-unsaturated/α-hetero) is 1. The number of halogens is 1. The molecule has 0 saturated heterocycles. The van der Waals surface area contributed by atoms with E-state index in [9.17, 15) is 4.79 Å². The van der Waals surface area contributed by atoms with Crippen LogP contribution in [-0.4, -0.2) is 10.4 Å². The molecule has 1 heterocycles. The predicted molar refractivity (Wildman–Crippen MR) is 74.9 cm³/mol. The average molecular weight is 304 g/mol. The number of hydrogen-bond acceptors (Lipinski definition) is 1. The van der Waals surface area contributed by atoms with Gasteiger partial charge in [0.1, 0.15) is 0 Å². The minimum Gasteiger partial charge on any atom is -0.349 e. The van der Waals surface area contributed by atoms with Crippen LogP contribution in [0, 0.1) is 0 Å². The van der Waals surface area contributed by atoms with Crippen LogP contribution < -0.4 is 0 Å². The number of carbonyl (C=O) groups is 1. The van der Waals surface area contributed by atoms with Gasteiger partial charge in [-0.3, -0.25) is 4.79 Å². The van der Waals surface area contributed by atoms with Crippen LogP contribution in [0.5, 0.6) is 0 Å². The molecule has 92 valence electrons. The summed E-state index contributed by atoms with van der Waals surface area (Å²) in [7, 11) is 0. The zero-order valence-corrected chi connectivity index (χ0v) is 11.6. The molecule has 1 aromatic carbocycles. The van der Waals surface area contributed by atoms with Gasteiger partial charge in [-0.25, -0.2) is 0 Å². The van der Waals surface area contributed by atoms with E-state index in [0.29, 0.717) is 12.2 Å². The molecule has 0 atom stereocenters. The lowest BCUT2D eigenvalue weighted by molar-refractivity contribution is 0.0973. The predicted octanol–water partition coefficient (Wildman–Crippen LogP) is 3.82. The van der Waals surface area contributed by atoms with Crippen molar-refractivity contribution in [3.63, 3.8) is 0 Å². The van der Waals surface area contributed by atoms with E-state index < -0.39 is 0 Å². The highest BCUT2D eigenvalue weighted by atomic mass is 79.9. The van der Waals surface area contributed by atoms with Gasteiger partial charge in [0, 0.05) is 35.4 Å². The maximum Gasteiger partial charge on any atom is 0.164 e. The summed E-state index contributed by atoms with van der Waals surface area (Å²) in [6, 6.07) is 8.27. The topological polar surface area (TPSA) is 22.0 Å². The fourth-order valence-corrected chi connectivity index (χ4v) is 2.96. The lowest BCUT2D eigenvalue weighted by Gasteiger charge is -2.07. The van der Waals surface area contributed by atoms with Gasteiger partial charge >= 0.3 is 0 Å². The lowest BCUT2D eigenvalue weighted by Crippen LogP contribution is -2.07. The Labute approximate surface area is 115 Å². The molecular weight excluding hydrogens is 290 g/mol. The molecule has 2 aromatic rings. The average Bonchev–Trinajstić information content (AvgIpc) is 2.73. The van der Waals surface area contributed by atoms with Gasteiger partial charge in [-0.1, -0.05) is 28.1 Å². The van der Waals surface area contributed by atoms with Gasteiger partial charge in [-0.15, -0.1) is 0 Å². The number of nitrogens with zero attached hydrogens (tertiary/aromatic N) is 1. The van der Waals surface area contributed by atoms with Gasteiger partial charge < -0.3 is 4.57 Å². The van der Waals surface area contributed by atoms with Crippen LogP contribution in [0.3, 0.4) is 0 Å². The van der Waals surface area contributed by atoms with Crippen molar-refractivity contribution in [2.45, 2.75) is 25.8 Å². The third kappa shape index (κ3) is 2.27. The fourth-order valence-electron chi connectivity index (χ4n) is 2.52. The SMILES string of the molecule is O=C1CCCc2cn(Cc3cccc(Br)c3)cc21. The second-order valence-electron chi connectivity index (χ2n) is 4.78. The van der Waals surface area contributed by atoms with Gasteiger partial charge in [-0.2, -0.15) is 0 Å². The van der Waals surface area contributed by atoms with Crippen molar-refractivity contribution in [1.82, 2.24) is 4.57 Å². The number of aryl methyl sites for hydroxylation is 1. The number of benzene rings is 1. The van der Waals surface area contributed by atoms with Crippen LogP contribution in [-0.2, 0) is 13.0 Å². The fraction of sp³-hybridized carbons (Fsp3) is 0.267. The molecule has 3 rings (SSSR count). The number of rotatable bonds is 2. The van der Waals surface area contributed by atoms with E-state index in [-0.39, 0.29) is 0 Å². The third-order valence-electron chi connectivity index (χ3n) is 3.37. The van der Waals surface area contributed by atoms with E-state index >= 15 is 0 Å². The number of carbonyl (C=O) groups excluding carboxylic acids is 1. The summed E-state index contributed by atoms with van der Waals surface area (Å²) in [5.74, 6) is 0.296. The molecule has 2 nitrogen and oxygen atoms in total. The van der Waals surface area contributed by atoms with Crippen LogP contribution in [0.4, 0.5) is 0 Å². The quantitative estimate of drug-likeness (QED) is 0.827. The highest BCUT2D eigenvalue weighted by Gasteiger charge is 2.18. The van der Waals surface area contributed by atoms with E-state index in [0.717, 1.165) is 29.4 Å². The molecule has 1 aliphatic carbocycles. The summed E-state index contributed by atoms with van der Waals surface area (Å²) in [5, 5.41) is 0. The summed E-state index contributed by atoms with van der Waals surface area (Å²) in [6.07, 6.45) is 6.85. The smallest absolute Gasteiger partial charge is 0.164 e. The molecule has 0 unspecified atom stereocenters. The normalized spacial score (nSPS) is 14.6. The molecule has 1 aromatic heterocycles. The zero-order valence-electron chi connectivity index (χ0n) is 10.0. The maximum atomic E-state index is 11.8. The minimum atomic E-state index is 0.296. The van der Waals surface area contributed by atoms with Crippen LogP contribution in [0.2, 0.25) is 0 Å². The van der Waals surface area contributed by atoms with Gasteiger partial charge in [0.2, 0.25) is 0 Å². The Hall–Kier alpha value is -1.35. The van der Waals surface area contributed by atoms with E-state index in [1.165, 1.54) is 11.1 Å². The van der Waals surface area contributed by atoms with Crippen molar-refractivity contribution in [3.05, 3.63) is 57.8 Å². The highest BCUT2D eigenvalue weighted by molar-refractivity contribution is 9.10. The van der Waals surface area contributed by atoms with Gasteiger partial charge in [0.05, 0.1) is 0 Å². The van der Waals surface area contributed by atoms with E-state index in [1.807, 2.05) is 18.3 Å². The molecule has 1 aliphatic rings. The van der Waals surface area contributed by atoms with Crippen molar-refractivity contribution in [1.29, 1.82) is 0 Å². The first kappa shape index (κ1) is 11.7. The van der Waals surface area contributed by atoms with Crippen LogP contribution in [0.25, 0.3) is 0 Å². The van der Waals surface area contributed by atoms with E-state index in [2.05, 4.69) is 38.8 Å². The van der Waals surface area contributed by atoms with Crippen molar-refractivity contribution < 1.29 is 4.79 Å². The van der Waals surface area contributed by atoms with Crippen molar-refractivity contribution in [2.75, 3.05) is 0 Å². The first-order valence-corrected chi connectivity index (χ1v) is 6.98. The van der Waals surface area contributed by atoms with Crippen molar-refractivity contribution in [3.8, 4) is 0 Å². The molecule has 3 heteroatoms. The molecular formula is C15H14BrNO. The Balaban J connectivity index is 1.88. The number of fused-ring (bicyclic) bond motifs is 1. The van der Waals surface area contributed by atoms with Crippen LogP contribution >= 0.6 is 15.9 Å². The second-order valence-corrected chi connectivity index (χ2v) is 5.69. The summed E-state index contributed by atoms with van der Waals surface area (Å²) in [5.41, 5.74) is 3.38.